The summed E-state index contributed by atoms with van der Waals surface area (Å²) in [4.78, 5) is 11.1. The Labute approximate surface area is 159 Å². The lowest BCUT2D eigenvalue weighted by molar-refractivity contribution is -0.164. The van der Waals surface area contributed by atoms with Crippen LogP contribution in [0.25, 0.3) is 0 Å². The van der Waals surface area contributed by atoms with Crippen molar-refractivity contribution in [3.63, 3.8) is 0 Å². The molecule has 0 bridgehead atoms. The largest absolute Gasteiger partial charge is 0.481 e. The van der Waals surface area contributed by atoms with Crippen LogP contribution < -0.4 is 5.73 Å². The maximum Gasteiger partial charge on any atom is 0.417 e. The number of nitrogens with two attached hydrogens (primary N) is 1. The third-order valence-corrected chi connectivity index (χ3v) is 4.47. The minimum absolute atomic E-state index is 0.0265. The van der Waals surface area contributed by atoms with Crippen molar-refractivity contribution >= 4 is 5.97 Å². The van der Waals surface area contributed by atoms with Gasteiger partial charge in [0.15, 0.2) is 0 Å². The van der Waals surface area contributed by atoms with E-state index >= 15 is 0 Å². The molecule has 29 heavy (non-hydrogen) atoms. The minimum Gasteiger partial charge on any atom is -0.481 e. The summed E-state index contributed by atoms with van der Waals surface area (Å²) >= 11 is 0. The predicted octanol–water partition coefficient (Wildman–Crippen LogP) is 5.36. The monoisotopic (exact) mass is 439 g/mol. The highest BCUT2D eigenvalue weighted by Gasteiger charge is 2.47. The van der Waals surface area contributed by atoms with Crippen LogP contribution >= 0.6 is 0 Å². The fourth-order valence-electron chi connectivity index (χ4n) is 2.99. The van der Waals surface area contributed by atoms with Crippen molar-refractivity contribution in [3.8, 4) is 0 Å². The van der Waals surface area contributed by atoms with Crippen LogP contribution in [0.5, 0.6) is 0 Å². The summed E-state index contributed by atoms with van der Waals surface area (Å²) in [6.45, 7) is 1.06. The molecule has 3 N–H and O–H groups in total. The van der Waals surface area contributed by atoms with E-state index < -0.39 is 71.1 Å². The molecule has 1 aromatic carbocycles. The van der Waals surface area contributed by atoms with Gasteiger partial charge in [-0.1, -0.05) is 13.3 Å². The molecule has 12 heteroatoms. The Kier molecular flexibility index (Phi) is 7.60. The molecular weight excluding hydrogens is 421 g/mol. The fraction of sp³-hybridized carbons (Fsp3) is 0.588. The second-order valence-electron chi connectivity index (χ2n) is 6.54. The van der Waals surface area contributed by atoms with Gasteiger partial charge >= 0.3 is 24.5 Å². The number of hydrogen-bond acceptors (Lipinski definition) is 2. The van der Waals surface area contributed by atoms with Crippen molar-refractivity contribution in [2.45, 2.75) is 44.7 Å². The molecule has 0 aromatic heterocycles. The highest BCUT2D eigenvalue weighted by Crippen LogP contribution is 2.45. The molecule has 0 amide bonds. The van der Waals surface area contributed by atoms with Crippen LogP contribution in [-0.4, -0.2) is 17.6 Å². The second-order valence-corrected chi connectivity index (χ2v) is 6.54. The maximum atomic E-state index is 13.4. The number of aliphatic carboxylic acids is 1. The number of benzene rings is 1. The van der Waals surface area contributed by atoms with Gasteiger partial charge in [-0.3, -0.25) is 4.79 Å². The summed E-state index contributed by atoms with van der Waals surface area (Å²) in [5.74, 6) is -3.48. The Bertz CT molecular complexity index is 723. The van der Waals surface area contributed by atoms with E-state index in [0.29, 0.717) is 0 Å². The van der Waals surface area contributed by atoms with Crippen LogP contribution in [-0.2, 0) is 29.7 Å². The predicted molar refractivity (Wildman–Crippen MR) is 83.7 cm³/mol. The summed E-state index contributed by atoms with van der Waals surface area (Å²) in [7, 11) is 0. The second kappa shape index (κ2) is 8.80. The highest BCUT2D eigenvalue weighted by molar-refractivity contribution is 5.70. The lowest BCUT2D eigenvalue weighted by Gasteiger charge is -2.25. The molecule has 0 saturated heterocycles. The van der Waals surface area contributed by atoms with E-state index in [1.165, 1.54) is 6.92 Å². The molecule has 0 fully saturated rings. The Morgan fingerprint density at radius 1 is 1.00 bits per heavy atom. The number of rotatable bonds is 7. The summed E-state index contributed by atoms with van der Waals surface area (Å²) in [5, 5.41) is 9.01. The van der Waals surface area contributed by atoms with Crippen molar-refractivity contribution in [1.82, 2.24) is 0 Å². The average molecular weight is 439 g/mol. The molecule has 166 valence electrons. The summed E-state index contributed by atoms with van der Waals surface area (Å²) in [6.07, 6.45) is -17.6. The Balaban J connectivity index is 3.62. The van der Waals surface area contributed by atoms with Gasteiger partial charge in [-0.2, -0.15) is 39.5 Å². The van der Waals surface area contributed by atoms with Gasteiger partial charge in [0.1, 0.15) is 0 Å². The molecule has 1 aromatic rings. The minimum atomic E-state index is -5.68. The number of carboxylic acids is 1. The summed E-state index contributed by atoms with van der Waals surface area (Å²) < 4.78 is 119. The molecule has 0 saturated carbocycles. The van der Waals surface area contributed by atoms with Crippen LogP contribution in [0.2, 0.25) is 0 Å². The lowest BCUT2D eigenvalue weighted by atomic mass is 9.84. The zero-order valence-corrected chi connectivity index (χ0v) is 15.0. The van der Waals surface area contributed by atoms with Gasteiger partial charge < -0.3 is 10.8 Å². The van der Waals surface area contributed by atoms with Crippen molar-refractivity contribution in [2.75, 3.05) is 6.54 Å². The van der Waals surface area contributed by atoms with Gasteiger partial charge in [0, 0.05) is 6.54 Å². The van der Waals surface area contributed by atoms with E-state index in [1.54, 1.807) is 0 Å². The zero-order valence-electron chi connectivity index (χ0n) is 15.0. The molecule has 0 aliphatic rings. The molecule has 1 rings (SSSR count). The summed E-state index contributed by atoms with van der Waals surface area (Å²) in [6, 6.07) is -0.522. The highest BCUT2D eigenvalue weighted by atomic mass is 19.4. The maximum absolute atomic E-state index is 13.4. The molecule has 0 aliphatic carbocycles. The quantitative estimate of drug-likeness (QED) is 0.563. The van der Waals surface area contributed by atoms with Gasteiger partial charge in [-0.25, -0.2) is 0 Å². The molecule has 0 spiro atoms. The first-order valence-corrected chi connectivity index (χ1v) is 8.33. The molecule has 0 radical (unpaired) electrons. The topological polar surface area (TPSA) is 63.3 Å². The van der Waals surface area contributed by atoms with E-state index in [2.05, 4.69) is 0 Å². The van der Waals surface area contributed by atoms with Gasteiger partial charge in [-0.05, 0) is 36.5 Å². The van der Waals surface area contributed by atoms with Crippen LogP contribution in [0.4, 0.5) is 39.5 Å². The average Bonchev–Trinajstić information content (AvgIpc) is 2.54. The number of alkyl halides is 9. The van der Waals surface area contributed by atoms with Crippen LogP contribution in [0.3, 0.4) is 0 Å². The lowest BCUT2D eigenvalue weighted by Crippen LogP contribution is -2.27. The number of hydrogen-bond donors (Lipinski definition) is 2. The molecule has 2 atom stereocenters. The van der Waals surface area contributed by atoms with E-state index in [4.69, 9.17) is 10.8 Å². The van der Waals surface area contributed by atoms with Gasteiger partial charge in [0.05, 0.1) is 22.6 Å². The van der Waals surface area contributed by atoms with Crippen molar-refractivity contribution in [3.05, 3.63) is 34.4 Å². The van der Waals surface area contributed by atoms with Gasteiger partial charge in [0.2, 0.25) is 0 Å². The summed E-state index contributed by atoms with van der Waals surface area (Å²) in [5.41, 5.74) is -2.41. The molecule has 0 aliphatic heterocycles. The number of halogens is 9. The van der Waals surface area contributed by atoms with Gasteiger partial charge in [0.25, 0.3) is 0 Å². The normalized spacial score (nSPS) is 15.3. The smallest absolute Gasteiger partial charge is 0.417 e. The Morgan fingerprint density at radius 3 is 1.90 bits per heavy atom. The Morgan fingerprint density at radius 2 is 1.55 bits per heavy atom. The van der Waals surface area contributed by atoms with Crippen molar-refractivity contribution < 1.29 is 49.4 Å². The van der Waals surface area contributed by atoms with E-state index in [0.717, 1.165) is 0 Å². The van der Waals surface area contributed by atoms with E-state index in [1.807, 2.05) is 0 Å². The molecule has 2 unspecified atom stereocenters. The third kappa shape index (κ3) is 6.51. The number of carbonyl (C=O) groups is 1. The van der Waals surface area contributed by atoms with Crippen LogP contribution in [0.1, 0.15) is 42.0 Å². The first-order chi connectivity index (χ1) is 13.0. The Hall–Kier alpha value is -1.98. The first kappa shape index (κ1) is 25.1. The van der Waals surface area contributed by atoms with E-state index in [-0.39, 0.29) is 25.5 Å². The fourth-order valence-corrected chi connectivity index (χ4v) is 2.99. The van der Waals surface area contributed by atoms with Crippen molar-refractivity contribution in [2.24, 2.45) is 17.6 Å². The third-order valence-electron chi connectivity index (χ3n) is 4.47. The standard InChI is InChI=1S/C17H18F9NO2/c1-2-8(4-10(7-27)14(28)29)3-9-5-11(15(18,19)20)6-12(16(21,22)23)13(9)17(24,25)26/h5-6,8,10H,2-4,7,27H2,1H3,(H,28,29). The van der Waals surface area contributed by atoms with Crippen LogP contribution in [0.15, 0.2) is 12.1 Å². The van der Waals surface area contributed by atoms with Crippen molar-refractivity contribution in [1.29, 1.82) is 0 Å². The first-order valence-electron chi connectivity index (χ1n) is 8.33. The zero-order chi connectivity index (χ0) is 22.8. The van der Waals surface area contributed by atoms with Gasteiger partial charge in [-0.15, -0.1) is 0 Å². The molecule has 3 nitrogen and oxygen atoms in total. The SMILES string of the molecule is CCC(Cc1cc(C(F)(F)F)cc(C(F)(F)F)c1C(F)(F)F)CC(CN)C(=O)O. The van der Waals surface area contributed by atoms with Crippen LogP contribution in [0, 0.1) is 11.8 Å². The molecular formula is C17H18F9NO2. The number of carboxylic acid groups (broad SMARTS) is 1. The molecule has 0 heterocycles. The van der Waals surface area contributed by atoms with E-state index in [9.17, 15) is 44.3 Å².